The minimum Gasteiger partial charge on any atom is -0.494 e. The van der Waals surface area contributed by atoms with Crippen LogP contribution in [0.1, 0.15) is 18.9 Å². The molecule has 0 unspecified atom stereocenters. The maximum absolute atomic E-state index is 10.6. The highest BCUT2D eigenvalue weighted by Crippen LogP contribution is 2.37. The molecule has 1 saturated carbocycles. The highest BCUT2D eigenvalue weighted by atomic mass is 16.5. The Bertz CT molecular complexity index is 588. The molecule has 0 N–H and O–H groups in total. The molecule has 0 aliphatic heterocycles. The predicted molar refractivity (Wildman–Crippen MR) is 69.8 cm³/mol. The van der Waals surface area contributed by atoms with E-state index in [2.05, 4.69) is 10.1 Å². The van der Waals surface area contributed by atoms with Gasteiger partial charge in [0, 0.05) is 23.9 Å². The number of ether oxygens (including phenoxy) is 1. The number of nitrogens with zero attached hydrogens (tertiary/aromatic N) is 3. The van der Waals surface area contributed by atoms with Crippen LogP contribution in [-0.4, -0.2) is 28.2 Å². The molecular weight excluding hydrogens is 242 g/mol. The molecule has 2 aromatic rings. The first-order valence-electron chi connectivity index (χ1n) is 6.30. The number of hydrogen-bond acceptors (Lipinski definition) is 4. The van der Waals surface area contributed by atoms with Crippen LogP contribution in [0.5, 0.6) is 5.75 Å². The summed E-state index contributed by atoms with van der Waals surface area (Å²) in [6, 6.07) is 4.05. The first kappa shape index (κ1) is 11.9. The first-order chi connectivity index (χ1) is 9.31. The van der Waals surface area contributed by atoms with Gasteiger partial charge in [-0.2, -0.15) is 5.10 Å². The number of pyridine rings is 1. The molecule has 1 fully saturated rings. The van der Waals surface area contributed by atoms with Gasteiger partial charge in [0.25, 0.3) is 0 Å². The SMILES string of the molecule is COc1cccnc1-c1cnn(C2CC(C=O)C2)c1. The molecule has 0 bridgehead atoms. The van der Waals surface area contributed by atoms with Crippen molar-refractivity contribution in [2.45, 2.75) is 18.9 Å². The lowest BCUT2D eigenvalue weighted by atomic mass is 9.81. The Morgan fingerprint density at radius 2 is 2.32 bits per heavy atom. The van der Waals surface area contributed by atoms with Crippen molar-refractivity contribution in [3.05, 3.63) is 30.7 Å². The van der Waals surface area contributed by atoms with E-state index in [4.69, 9.17) is 4.74 Å². The maximum atomic E-state index is 10.6. The summed E-state index contributed by atoms with van der Waals surface area (Å²) < 4.78 is 7.22. The van der Waals surface area contributed by atoms with Gasteiger partial charge in [0.2, 0.25) is 0 Å². The van der Waals surface area contributed by atoms with E-state index in [1.54, 1.807) is 19.5 Å². The number of carbonyl (C=O) groups excluding carboxylic acids is 1. The zero-order valence-corrected chi connectivity index (χ0v) is 10.7. The third-order valence-electron chi connectivity index (χ3n) is 3.58. The second-order valence-corrected chi connectivity index (χ2v) is 4.78. The Balaban J connectivity index is 1.83. The van der Waals surface area contributed by atoms with Gasteiger partial charge in [-0.25, -0.2) is 0 Å². The number of methoxy groups -OCH3 is 1. The normalized spacial score (nSPS) is 21.7. The van der Waals surface area contributed by atoms with Crippen molar-refractivity contribution >= 4 is 6.29 Å². The fraction of sp³-hybridized carbons (Fsp3) is 0.357. The zero-order chi connectivity index (χ0) is 13.2. The van der Waals surface area contributed by atoms with E-state index in [0.29, 0.717) is 6.04 Å². The quantitative estimate of drug-likeness (QED) is 0.787. The van der Waals surface area contributed by atoms with Gasteiger partial charge in [-0.1, -0.05) is 0 Å². The summed E-state index contributed by atoms with van der Waals surface area (Å²) in [5.74, 6) is 0.934. The van der Waals surface area contributed by atoms with Crippen LogP contribution in [0.4, 0.5) is 0 Å². The largest absolute Gasteiger partial charge is 0.494 e. The highest BCUT2D eigenvalue weighted by molar-refractivity contribution is 5.64. The van der Waals surface area contributed by atoms with Crippen LogP contribution in [0.15, 0.2) is 30.7 Å². The summed E-state index contributed by atoms with van der Waals surface area (Å²) in [5.41, 5.74) is 1.73. The molecule has 98 valence electrons. The van der Waals surface area contributed by atoms with Crippen LogP contribution >= 0.6 is 0 Å². The fourth-order valence-corrected chi connectivity index (χ4v) is 2.39. The summed E-state index contributed by atoms with van der Waals surface area (Å²) in [5, 5.41) is 4.36. The van der Waals surface area contributed by atoms with Gasteiger partial charge in [-0.05, 0) is 25.0 Å². The van der Waals surface area contributed by atoms with Crippen molar-refractivity contribution in [3.8, 4) is 17.0 Å². The smallest absolute Gasteiger partial charge is 0.145 e. The molecule has 19 heavy (non-hydrogen) atoms. The van der Waals surface area contributed by atoms with Gasteiger partial charge < -0.3 is 9.53 Å². The van der Waals surface area contributed by atoms with Crippen LogP contribution in [0.2, 0.25) is 0 Å². The second-order valence-electron chi connectivity index (χ2n) is 4.78. The molecular formula is C14H15N3O2. The van der Waals surface area contributed by atoms with E-state index in [1.807, 2.05) is 23.0 Å². The number of rotatable bonds is 4. The molecule has 1 aliphatic rings. The van der Waals surface area contributed by atoms with Crippen molar-refractivity contribution in [2.75, 3.05) is 7.11 Å². The summed E-state index contributed by atoms with van der Waals surface area (Å²) >= 11 is 0. The molecule has 2 aromatic heterocycles. The van der Waals surface area contributed by atoms with Gasteiger partial charge in [-0.15, -0.1) is 0 Å². The predicted octanol–water partition coefficient (Wildman–Crippen LogP) is 2.10. The lowest BCUT2D eigenvalue weighted by Gasteiger charge is -2.31. The minimum atomic E-state index is 0.196. The number of hydrogen-bond donors (Lipinski definition) is 0. The maximum Gasteiger partial charge on any atom is 0.145 e. The molecule has 0 atom stereocenters. The number of aromatic nitrogens is 3. The minimum absolute atomic E-state index is 0.196. The standard InChI is InChI=1S/C14H15N3O2/c1-19-13-3-2-4-15-14(13)11-7-16-17(8-11)12-5-10(6-12)9-18/h2-4,7-10,12H,5-6H2,1H3. The van der Waals surface area contributed by atoms with Gasteiger partial charge in [0.05, 0.1) is 19.3 Å². The highest BCUT2D eigenvalue weighted by Gasteiger charge is 2.30. The molecule has 0 amide bonds. The summed E-state index contributed by atoms with van der Waals surface area (Å²) in [6.07, 6.45) is 8.28. The topological polar surface area (TPSA) is 57.0 Å². The third-order valence-corrected chi connectivity index (χ3v) is 3.58. The molecule has 5 heteroatoms. The van der Waals surface area contributed by atoms with Crippen LogP contribution in [0.25, 0.3) is 11.3 Å². The van der Waals surface area contributed by atoms with E-state index in [1.165, 1.54) is 0 Å². The molecule has 1 aliphatic carbocycles. The molecule has 0 spiro atoms. The lowest BCUT2D eigenvalue weighted by molar-refractivity contribution is -0.114. The number of carbonyl (C=O) groups is 1. The van der Waals surface area contributed by atoms with E-state index in [9.17, 15) is 4.79 Å². The lowest BCUT2D eigenvalue weighted by Crippen LogP contribution is -2.27. The van der Waals surface area contributed by atoms with Gasteiger partial charge in [-0.3, -0.25) is 9.67 Å². The summed E-state index contributed by atoms with van der Waals surface area (Å²) in [7, 11) is 1.63. The Kier molecular flexibility index (Phi) is 3.03. The van der Waals surface area contributed by atoms with E-state index in [-0.39, 0.29) is 5.92 Å². The van der Waals surface area contributed by atoms with Crippen molar-refractivity contribution in [2.24, 2.45) is 5.92 Å². The second kappa shape index (κ2) is 4.84. The molecule has 5 nitrogen and oxygen atoms in total. The monoisotopic (exact) mass is 257 g/mol. The molecule has 0 aromatic carbocycles. The Morgan fingerprint density at radius 1 is 1.47 bits per heavy atom. The van der Waals surface area contributed by atoms with E-state index in [0.717, 1.165) is 36.1 Å². The molecule has 3 rings (SSSR count). The van der Waals surface area contributed by atoms with Crippen LogP contribution < -0.4 is 4.74 Å². The van der Waals surface area contributed by atoms with Crippen molar-refractivity contribution in [1.29, 1.82) is 0 Å². The van der Waals surface area contributed by atoms with Crippen molar-refractivity contribution < 1.29 is 9.53 Å². The van der Waals surface area contributed by atoms with Gasteiger partial charge in [0.1, 0.15) is 17.7 Å². The average Bonchev–Trinajstić information content (AvgIpc) is 2.87. The Labute approximate surface area is 111 Å². The van der Waals surface area contributed by atoms with Crippen molar-refractivity contribution in [1.82, 2.24) is 14.8 Å². The van der Waals surface area contributed by atoms with Gasteiger partial charge in [0.15, 0.2) is 0 Å². The summed E-state index contributed by atoms with van der Waals surface area (Å²) in [6.45, 7) is 0. The average molecular weight is 257 g/mol. The van der Waals surface area contributed by atoms with Crippen LogP contribution in [0, 0.1) is 5.92 Å². The fourth-order valence-electron chi connectivity index (χ4n) is 2.39. The zero-order valence-electron chi connectivity index (χ0n) is 10.7. The molecule has 0 radical (unpaired) electrons. The Morgan fingerprint density at radius 3 is 3.05 bits per heavy atom. The van der Waals surface area contributed by atoms with Gasteiger partial charge >= 0.3 is 0 Å². The van der Waals surface area contributed by atoms with Crippen molar-refractivity contribution in [3.63, 3.8) is 0 Å². The third kappa shape index (κ3) is 2.12. The van der Waals surface area contributed by atoms with Crippen LogP contribution in [-0.2, 0) is 4.79 Å². The molecule has 2 heterocycles. The van der Waals surface area contributed by atoms with E-state index >= 15 is 0 Å². The first-order valence-corrected chi connectivity index (χ1v) is 6.30. The molecule has 0 saturated heterocycles. The van der Waals surface area contributed by atoms with E-state index < -0.39 is 0 Å². The van der Waals surface area contributed by atoms with Crippen LogP contribution in [0.3, 0.4) is 0 Å². The number of aldehydes is 1. The Hall–Kier alpha value is -2.17. The summed E-state index contributed by atoms with van der Waals surface area (Å²) in [4.78, 5) is 15.0.